The molecule has 1 aromatic rings. The van der Waals surface area contributed by atoms with Crippen LogP contribution in [-0.4, -0.2) is 42.5 Å². The largest absolute Gasteiger partial charge is 0.377 e. The van der Waals surface area contributed by atoms with Gasteiger partial charge in [-0.05, 0) is 11.1 Å². The van der Waals surface area contributed by atoms with E-state index in [1.54, 1.807) is 0 Å². The molecule has 0 aliphatic carbocycles. The Hall–Kier alpha value is -1.92. The van der Waals surface area contributed by atoms with Crippen LogP contribution in [0.5, 0.6) is 0 Å². The molecule has 2 rings (SSSR count). The maximum Gasteiger partial charge on any atom is 0.242 e. The Morgan fingerprint density at radius 3 is 2.65 bits per heavy atom. The third-order valence-electron chi connectivity index (χ3n) is 3.46. The molecule has 0 aromatic heterocycles. The minimum atomic E-state index is -0.679. The van der Waals surface area contributed by atoms with E-state index in [4.69, 9.17) is 16.2 Å². The van der Waals surface area contributed by atoms with Crippen molar-refractivity contribution in [1.82, 2.24) is 4.90 Å². The molecule has 4 N–H and O–H groups in total. The van der Waals surface area contributed by atoms with Crippen molar-refractivity contribution >= 4 is 11.8 Å². The van der Waals surface area contributed by atoms with E-state index >= 15 is 0 Å². The topological polar surface area (TPSA) is 98.7 Å². The van der Waals surface area contributed by atoms with E-state index in [-0.39, 0.29) is 18.9 Å². The first-order valence-electron chi connectivity index (χ1n) is 6.57. The number of hydrogen-bond acceptors (Lipinski definition) is 4. The van der Waals surface area contributed by atoms with E-state index in [0.717, 1.165) is 11.1 Å². The molecule has 1 saturated heterocycles. The van der Waals surface area contributed by atoms with Gasteiger partial charge in [0, 0.05) is 13.1 Å². The normalized spacial score (nSPS) is 18.9. The first-order valence-corrected chi connectivity index (χ1v) is 6.57. The van der Waals surface area contributed by atoms with Crippen LogP contribution in [0.3, 0.4) is 0 Å². The Bertz CT molecular complexity index is 504. The second kappa shape index (κ2) is 6.49. The first kappa shape index (κ1) is 14.5. The zero-order chi connectivity index (χ0) is 14.5. The summed E-state index contributed by atoms with van der Waals surface area (Å²) >= 11 is 0. The van der Waals surface area contributed by atoms with Gasteiger partial charge in [0.1, 0.15) is 6.04 Å². The van der Waals surface area contributed by atoms with Crippen LogP contribution in [0, 0.1) is 0 Å². The fourth-order valence-electron chi connectivity index (χ4n) is 2.33. The number of ether oxygens (including phenoxy) is 1. The number of carbonyl (C=O) groups is 2. The molecule has 6 nitrogen and oxygen atoms in total. The summed E-state index contributed by atoms with van der Waals surface area (Å²) in [7, 11) is 0. The van der Waals surface area contributed by atoms with Crippen molar-refractivity contribution in [3.63, 3.8) is 0 Å². The van der Waals surface area contributed by atoms with Crippen LogP contribution in [0.25, 0.3) is 0 Å². The predicted octanol–water partition coefficient (Wildman–Crippen LogP) is -0.599. The molecule has 6 heteroatoms. The van der Waals surface area contributed by atoms with Crippen LogP contribution in [0.1, 0.15) is 11.1 Å². The summed E-state index contributed by atoms with van der Waals surface area (Å²) in [5, 5.41) is 0. The molecule has 1 aliphatic heterocycles. The Morgan fingerprint density at radius 1 is 1.30 bits per heavy atom. The number of nitrogens with zero attached hydrogens (tertiary/aromatic N) is 1. The highest BCUT2D eigenvalue weighted by Crippen LogP contribution is 2.13. The van der Waals surface area contributed by atoms with Crippen molar-refractivity contribution in [1.29, 1.82) is 0 Å². The van der Waals surface area contributed by atoms with Gasteiger partial charge < -0.3 is 21.1 Å². The molecular formula is C14H19N3O3. The van der Waals surface area contributed by atoms with Gasteiger partial charge in [-0.2, -0.15) is 0 Å². The molecule has 1 fully saturated rings. The monoisotopic (exact) mass is 277 g/mol. The van der Waals surface area contributed by atoms with E-state index in [2.05, 4.69) is 0 Å². The summed E-state index contributed by atoms with van der Waals surface area (Å²) in [5.41, 5.74) is 12.8. The summed E-state index contributed by atoms with van der Waals surface area (Å²) < 4.78 is 5.20. The van der Waals surface area contributed by atoms with Gasteiger partial charge in [-0.15, -0.1) is 0 Å². The predicted molar refractivity (Wildman–Crippen MR) is 73.6 cm³/mol. The minimum Gasteiger partial charge on any atom is -0.377 e. The third kappa shape index (κ3) is 3.15. The Labute approximate surface area is 117 Å². The molecule has 20 heavy (non-hydrogen) atoms. The lowest BCUT2D eigenvalue weighted by molar-refractivity contribution is -0.146. The summed E-state index contributed by atoms with van der Waals surface area (Å²) in [6.07, 6.45) is 0.219. The summed E-state index contributed by atoms with van der Waals surface area (Å²) in [4.78, 5) is 25.2. The lowest BCUT2D eigenvalue weighted by Crippen LogP contribution is -2.55. The molecule has 0 radical (unpaired) electrons. The molecule has 0 saturated carbocycles. The van der Waals surface area contributed by atoms with Gasteiger partial charge in [0.25, 0.3) is 0 Å². The summed E-state index contributed by atoms with van der Waals surface area (Å²) in [6, 6.07) is 6.85. The summed E-state index contributed by atoms with van der Waals surface area (Å²) in [6.45, 7) is 1.36. The molecule has 2 amide bonds. The van der Waals surface area contributed by atoms with Gasteiger partial charge in [0.2, 0.25) is 11.8 Å². The number of primary amides is 1. The molecule has 1 aliphatic rings. The number of nitrogens with two attached hydrogens (primary N) is 2. The van der Waals surface area contributed by atoms with E-state index in [9.17, 15) is 9.59 Å². The standard InChI is InChI=1S/C14H19N3O3/c15-8-11-4-2-1-3-10(11)7-13(18)17-5-6-20-9-12(17)14(16)19/h1-4,12H,5-9,15H2,(H2,16,19). The highest BCUT2D eigenvalue weighted by atomic mass is 16.5. The number of amides is 2. The van der Waals surface area contributed by atoms with Crippen molar-refractivity contribution in [3.05, 3.63) is 35.4 Å². The van der Waals surface area contributed by atoms with Crippen molar-refractivity contribution in [2.45, 2.75) is 19.0 Å². The Balaban J connectivity index is 2.12. The second-order valence-corrected chi connectivity index (χ2v) is 4.73. The third-order valence-corrected chi connectivity index (χ3v) is 3.46. The molecule has 1 aromatic carbocycles. The molecule has 108 valence electrons. The smallest absolute Gasteiger partial charge is 0.242 e. The molecule has 0 bridgehead atoms. The van der Waals surface area contributed by atoms with Gasteiger partial charge in [-0.3, -0.25) is 9.59 Å². The maximum atomic E-state index is 12.4. The quantitative estimate of drug-likeness (QED) is 0.767. The molecule has 0 spiro atoms. The zero-order valence-electron chi connectivity index (χ0n) is 11.2. The number of hydrogen-bond donors (Lipinski definition) is 2. The molecular weight excluding hydrogens is 258 g/mol. The highest BCUT2D eigenvalue weighted by Gasteiger charge is 2.31. The van der Waals surface area contributed by atoms with Crippen LogP contribution in [-0.2, 0) is 27.3 Å². The van der Waals surface area contributed by atoms with Crippen molar-refractivity contribution in [3.8, 4) is 0 Å². The molecule has 1 unspecified atom stereocenters. The Kier molecular flexibility index (Phi) is 4.70. The van der Waals surface area contributed by atoms with E-state index in [0.29, 0.717) is 19.7 Å². The van der Waals surface area contributed by atoms with Crippen molar-refractivity contribution < 1.29 is 14.3 Å². The van der Waals surface area contributed by atoms with Gasteiger partial charge >= 0.3 is 0 Å². The Morgan fingerprint density at radius 2 is 2.00 bits per heavy atom. The van der Waals surface area contributed by atoms with Crippen LogP contribution >= 0.6 is 0 Å². The van der Waals surface area contributed by atoms with Crippen LogP contribution in [0.4, 0.5) is 0 Å². The lowest BCUT2D eigenvalue weighted by Gasteiger charge is -2.33. The van der Waals surface area contributed by atoms with Crippen LogP contribution < -0.4 is 11.5 Å². The fourth-order valence-corrected chi connectivity index (χ4v) is 2.33. The summed E-state index contributed by atoms with van der Waals surface area (Å²) in [5.74, 6) is -0.664. The highest BCUT2D eigenvalue weighted by molar-refractivity contribution is 5.88. The fraction of sp³-hybridized carbons (Fsp3) is 0.429. The van der Waals surface area contributed by atoms with Crippen LogP contribution in [0.2, 0.25) is 0 Å². The first-order chi connectivity index (χ1) is 9.63. The zero-order valence-corrected chi connectivity index (χ0v) is 11.2. The molecule has 1 atom stereocenters. The van der Waals surface area contributed by atoms with E-state index in [1.807, 2.05) is 24.3 Å². The minimum absolute atomic E-state index is 0.127. The number of morpholine rings is 1. The lowest BCUT2D eigenvalue weighted by atomic mass is 10.0. The second-order valence-electron chi connectivity index (χ2n) is 4.73. The van der Waals surface area contributed by atoms with Gasteiger partial charge in [-0.1, -0.05) is 24.3 Å². The number of rotatable bonds is 4. The van der Waals surface area contributed by atoms with E-state index < -0.39 is 11.9 Å². The van der Waals surface area contributed by atoms with Crippen molar-refractivity contribution in [2.75, 3.05) is 19.8 Å². The SMILES string of the molecule is NCc1ccccc1CC(=O)N1CCOCC1C(N)=O. The van der Waals surface area contributed by atoms with Gasteiger partial charge in [0.05, 0.1) is 19.6 Å². The molecule has 1 heterocycles. The van der Waals surface area contributed by atoms with Crippen LogP contribution in [0.15, 0.2) is 24.3 Å². The van der Waals surface area contributed by atoms with Gasteiger partial charge in [0.15, 0.2) is 0 Å². The van der Waals surface area contributed by atoms with E-state index in [1.165, 1.54) is 4.90 Å². The van der Waals surface area contributed by atoms with Gasteiger partial charge in [-0.25, -0.2) is 0 Å². The average Bonchev–Trinajstić information content (AvgIpc) is 2.47. The average molecular weight is 277 g/mol. The number of carbonyl (C=O) groups excluding carboxylic acids is 2. The maximum absolute atomic E-state index is 12.4. The van der Waals surface area contributed by atoms with Crippen molar-refractivity contribution in [2.24, 2.45) is 11.5 Å². The number of benzene rings is 1.